The van der Waals surface area contributed by atoms with Gasteiger partial charge in [0, 0.05) is 37.3 Å². The Morgan fingerprint density at radius 1 is 1.38 bits per heavy atom. The van der Waals surface area contributed by atoms with Crippen LogP contribution in [0.2, 0.25) is 0 Å². The second kappa shape index (κ2) is 6.95. The molecule has 4 heteroatoms. The first-order chi connectivity index (χ1) is 10.3. The van der Waals surface area contributed by atoms with Gasteiger partial charge in [0.2, 0.25) is 0 Å². The first-order valence-corrected chi connectivity index (χ1v) is 8.52. The molecule has 2 aliphatic rings. The molecule has 118 valence electrons. The number of piperazine rings is 1. The van der Waals surface area contributed by atoms with Gasteiger partial charge >= 0.3 is 0 Å². The molecule has 4 nitrogen and oxygen atoms in total. The van der Waals surface area contributed by atoms with Crippen LogP contribution in [0.5, 0.6) is 0 Å². The minimum Gasteiger partial charge on any atom is -0.468 e. The molecule has 0 bridgehead atoms. The quantitative estimate of drug-likeness (QED) is 0.816. The van der Waals surface area contributed by atoms with Crippen molar-refractivity contribution in [3.8, 4) is 0 Å². The van der Waals surface area contributed by atoms with Gasteiger partial charge in [0.1, 0.15) is 5.76 Å². The summed E-state index contributed by atoms with van der Waals surface area (Å²) in [6, 6.07) is 3.58. The van der Waals surface area contributed by atoms with E-state index in [0.717, 1.165) is 37.9 Å². The van der Waals surface area contributed by atoms with Gasteiger partial charge in [0.25, 0.3) is 0 Å². The third-order valence-corrected chi connectivity index (χ3v) is 4.99. The summed E-state index contributed by atoms with van der Waals surface area (Å²) in [7, 11) is 0. The maximum atomic E-state index is 5.68. The highest BCUT2D eigenvalue weighted by molar-refractivity contribution is 5.17. The number of nitrogens with one attached hydrogen (secondary N) is 1. The monoisotopic (exact) mass is 291 g/mol. The molecule has 0 aromatic carbocycles. The molecule has 3 heterocycles. The minimum atomic E-state index is 0.644. The van der Waals surface area contributed by atoms with Crippen LogP contribution in [0.1, 0.15) is 44.4 Å². The van der Waals surface area contributed by atoms with Crippen LogP contribution >= 0.6 is 0 Å². The highest BCUT2D eigenvalue weighted by atomic mass is 16.3. The van der Waals surface area contributed by atoms with Crippen LogP contribution in [0.4, 0.5) is 0 Å². The highest BCUT2D eigenvalue weighted by Gasteiger charge is 2.34. The van der Waals surface area contributed by atoms with Crippen LogP contribution in [0.15, 0.2) is 16.7 Å². The standard InChI is InChI=1S/C17H29N3O/c1-3-7-18-10-17-15(6-9-21-17)12-20-13-16-5-4-8-19(16)11-14(20)2/h6,9,14,16,18H,3-5,7-8,10-13H2,1-2H3. The van der Waals surface area contributed by atoms with Crippen LogP contribution in [-0.4, -0.2) is 48.1 Å². The van der Waals surface area contributed by atoms with E-state index in [1.165, 1.54) is 38.0 Å². The number of furan rings is 1. The molecule has 2 fully saturated rings. The Bertz CT molecular complexity index is 445. The Kier molecular flexibility index (Phi) is 4.99. The lowest BCUT2D eigenvalue weighted by Crippen LogP contribution is -2.54. The second-order valence-corrected chi connectivity index (χ2v) is 6.62. The molecule has 0 amide bonds. The Labute approximate surface area is 128 Å². The fourth-order valence-electron chi connectivity index (χ4n) is 3.73. The molecule has 1 aromatic rings. The van der Waals surface area contributed by atoms with Crippen molar-refractivity contribution in [1.29, 1.82) is 0 Å². The van der Waals surface area contributed by atoms with Crippen molar-refractivity contribution < 1.29 is 4.42 Å². The molecule has 1 N–H and O–H groups in total. The number of hydrogen-bond donors (Lipinski definition) is 1. The summed E-state index contributed by atoms with van der Waals surface area (Å²) in [6.45, 7) is 11.2. The predicted octanol–water partition coefficient (Wildman–Crippen LogP) is 2.45. The highest BCUT2D eigenvalue weighted by Crippen LogP contribution is 2.26. The van der Waals surface area contributed by atoms with Crippen molar-refractivity contribution in [1.82, 2.24) is 15.1 Å². The summed E-state index contributed by atoms with van der Waals surface area (Å²) in [6.07, 6.45) is 5.76. The van der Waals surface area contributed by atoms with Crippen molar-refractivity contribution in [2.75, 3.05) is 26.2 Å². The molecular weight excluding hydrogens is 262 g/mol. The number of fused-ring (bicyclic) bond motifs is 1. The molecule has 2 unspecified atom stereocenters. The van der Waals surface area contributed by atoms with E-state index in [2.05, 4.69) is 35.0 Å². The Balaban J connectivity index is 1.59. The summed E-state index contributed by atoms with van der Waals surface area (Å²) in [5.41, 5.74) is 1.36. The van der Waals surface area contributed by atoms with E-state index < -0.39 is 0 Å². The molecule has 2 aliphatic heterocycles. The van der Waals surface area contributed by atoms with Gasteiger partial charge in [-0.15, -0.1) is 0 Å². The van der Waals surface area contributed by atoms with E-state index >= 15 is 0 Å². The lowest BCUT2D eigenvalue weighted by Gasteiger charge is -2.42. The summed E-state index contributed by atoms with van der Waals surface area (Å²) in [4.78, 5) is 5.32. The van der Waals surface area contributed by atoms with Gasteiger partial charge in [0.15, 0.2) is 0 Å². The minimum absolute atomic E-state index is 0.644. The molecule has 0 saturated carbocycles. The topological polar surface area (TPSA) is 31.7 Å². The third-order valence-electron chi connectivity index (χ3n) is 4.99. The Morgan fingerprint density at radius 3 is 3.14 bits per heavy atom. The zero-order valence-corrected chi connectivity index (χ0v) is 13.5. The smallest absolute Gasteiger partial charge is 0.122 e. The maximum Gasteiger partial charge on any atom is 0.122 e. The number of rotatable bonds is 6. The average Bonchev–Trinajstić information content (AvgIpc) is 3.09. The molecule has 1 aromatic heterocycles. The van der Waals surface area contributed by atoms with Gasteiger partial charge in [-0.05, 0) is 45.3 Å². The van der Waals surface area contributed by atoms with E-state index in [4.69, 9.17) is 4.42 Å². The van der Waals surface area contributed by atoms with Crippen LogP contribution in [0, 0.1) is 0 Å². The normalized spacial score (nSPS) is 27.1. The van der Waals surface area contributed by atoms with Crippen molar-refractivity contribution in [2.24, 2.45) is 0 Å². The van der Waals surface area contributed by atoms with Gasteiger partial charge in [-0.2, -0.15) is 0 Å². The summed E-state index contributed by atoms with van der Waals surface area (Å²) >= 11 is 0. The molecule has 21 heavy (non-hydrogen) atoms. The number of hydrogen-bond acceptors (Lipinski definition) is 4. The molecule has 2 saturated heterocycles. The summed E-state index contributed by atoms with van der Waals surface area (Å²) in [5, 5.41) is 3.44. The van der Waals surface area contributed by atoms with E-state index in [1.807, 2.05) is 6.26 Å². The van der Waals surface area contributed by atoms with E-state index in [1.54, 1.807) is 0 Å². The van der Waals surface area contributed by atoms with Crippen molar-refractivity contribution in [3.05, 3.63) is 23.7 Å². The molecule has 2 atom stereocenters. The first kappa shape index (κ1) is 15.1. The second-order valence-electron chi connectivity index (χ2n) is 6.62. The van der Waals surface area contributed by atoms with Crippen molar-refractivity contribution in [2.45, 2.75) is 58.3 Å². The zero-order chi connectivity index (χ0) is 14.7. The van der Waals surface area contributed by atoms with Gasteiger partial charge in [0.05, 0.1) is 12.8 Å². The Morgan fingerprint density at radius 2 is 2.29 bits per heavy atom. The third kappa shape index (κ3) is 3.50. The molecule has 0 radical (unpaired) electrons. The van der Waals surface area contributed by atoms with Gasteiger partial charge in [-0.3, -0.25) is 9.80 Å². The first-order valence-electron chi connectivity index (χ1n) is 8.52. The van der Waals surface area contributed by atoms with E-state index in [0.29, 0.717) is 6.04 Å². The molecule has 0 aliphatic carbocycles. The molecule has 0 spiro atoms. The average molecular weight is 291 g/mol. The van der Waals surface area contributed by atoms with Crippen molar-refractivity contribution >= 4 is 0 Å². The fraction of sp³-hybridized carbons (Fsp3) is 0.765. The number of nitrogens with zero attached hydrogens (tertiary/aromatic N) is 2. The fourth-order valence-corrected chi connectivity index (χ4v) is 3.73. The molecule has 3 rings (SSSR count). The summed E-state index contributed by atoms with van der Waals surface area (Å²) < 4.78 is 5.68. The predicted molar refractivity (Wildman–Crippen MR) is 85.2 cm³/mol. The lowest BCUT2D eigenvalue weighted by molar-refractivity contribution is 0.0536. The van der Waals surface area contributed by atoms with E-state index in [-0.39, 0.29) is 0 Å². The maximum absolute atomic E-state index is 5.68. The van der Waals surface area contributed by atoms with Gasteiger partial charge < -0.3 is 9.73 Å². The SMILES string of the molecule is CCCNCc1occc1CN1CC2CCCN2CC1C. The van der Waals surface area contributed by atoms with Gasteiger partial charge in [-0.25, -0.2) is 0 Å². The molecular formula is C17H29N3O. The van der Waals surface area contributed by atoms with Crippen LogP contribution in [0.25, 0.3) is 0 Å². The van der Waals surface area contributed by atoms with Crippen LogP contribution < -0.4 is 5.32 Å². The van der Waals surface area contributed by atoms with Crippen LogP contribution in [0.3, 0.4) is 0 Å². The largest absolute Gasteiger partial charge is 0.468 e. The summed E-state index contributed by atoms with van der Waals surface area (Å²) in [5.74, 6) is 1.12. The lowest BCUT2D eigenvalue weighted by atomic mass is 10.1. The van der Waals surface area contributed by atoms with Gasteiger partial charge in [-0.1, -0.05) is 6.92 Å². The van der Waals surface area contributed by atoms with E-state index in [9.17, 15) is 0 Å². The Hall–Kier alpha value is -0.840. The zero-order valence-electron chi connectivity index (χ0n) is 13.5. The van der Waals surface area contributed by atoms with Crippen molar-refractivity contribution in [3.63, 3.8) is 0 Å². The van der Waals surface area contributed by atoms with Crippen LogP contribution in [-0.2, 0) is 13.1 Å².